The van der Waals surface area contributed by atoms with E-state index in [1.807, 2.05) is 6.92 Å². The highest BCUT2D eigenvalue weighted by Crippen LogP contribution is 2.23. The number of ether oxygens (including phenoxy) is 3. The van der Waals surface area contributed by atoms with Crippen LogP contribution in [0.15, 0.2) is 0 Å². The smallest absolute Gasteiger partial charge is 0.302 e. The largest absolute Gasteiger partial charge is 0.465 e. The van der Waals surface area contributed by atoms with E-state index in [1.165, 1.54) is 13.8 Å². The highest BCUT2D eigenvalue weighted by Gasteiger charge is 2.31. The first kappa shape index (κ1) is 14.9. The van der Waals surface area contributed by atoms with Gasteiger partial charge in [-0.05, 0) is 6.42 Å². The molecule has 0 bridgehead atoms. The van der Waals surface area contributed by atoms with Crippen molar-refractivity contribution in [2.75, 3.05) is 26.9 Å². The van der Waals surface area contributed by atoms with E-state index in [1.54, 1.807) is 7.11 Å². The van der Waals surface area contributed by atoms with Gasteiger partial charge < -0.3 is 14.2 Å². The Bertz CT molecular complexity index is 219. The summed E-state index contributed by atoms with van der Waals surface area (Å²) in [5, 5.41) is 0. The van der Waals surface area contributed by atoms with Crippen molar-refractivity contribution in [2.24, 2.45) is 5.41 Å². The van der Waals surface area contributed by atoms with Crippen LogP contribution in [0.2, 0.25) is 0 Å². The van der Waals surface area contributed by atoms with Crippen molar-refractivity contribution in [1.29, 1.82) is 0 Å². The minimum absolute atomic E-state index is 0.194. The molecular formula is C11H20O5. The summed E-state index contributed by atoms with van der Waals surface area (Å²) < 4.78 is 15.0. The molecule has 0 rings (SSSR count). The van der Waals surface area contributed by atoms with Gasteiger partial charge in [-0.1, -0.05) is 6.92 Å². The van der Waals surface area contributed by atoms with Crippen LogP contribution >= 0.6 is 0 Å². The van der Waals surface area contributed by atoms with Crippen molar-refractivity contribution in [3.05, 3.63) is 0 Å². The molecule has 5 nitrogen and oxygen atoms in total. The van der Waals surface area contributed by atoms with Gasteiger partial charge in [0.1, 0.15) is 13.2 Å². The average molecular weight is 232 g/mol. The van der Waals surface area contributed by atoms with Crippen LogP contribution in [0.3, 0.4) is 0 Å². The number of hydrogen-bond donors (Lipinski definition) is 0. The average Bonchev–Trinajstić information content (AvgIpc) is 2.22. The predicted octanol–water partition coefficient (Wildman–Crippen LogP) is 1.16. The number of methoxy groups -OCH3 is 1. The Morgan fingerprint density at radius 1 is 1.00 bits per heavy atom. The molecule has 0 aromatic heterocycles. The fraction of sp³-hybridized carbons (Fsp3) is 0.818. The van der Waals surface area contributed by atoms with Gasteiger partial charge in [-0.3, -0.25) is 9.59 Å². The van der Waals surface area contributed by atoms with Crippen molar-refractivity contribution in [1.82, 2.24) is 0 Å². The number of rotatable bonds is 7. The summed E-state index contributed by atoms with van der Waals surface area (Å²) >= 11 is 0. The Balaban J connectivity index is 4.42. The fourth-order valence-electron chi connectivity index (χ4n) is 1.25. The van der Waals surface area contributed by atoms with Crippen LogP contribution in [0.25, 0.3) is 0 Å². The second-order valence-electron chi connectivity index (χ2n) is 3.85. The first-order valence-corrected chi connectivity index (χ1v) is 5.21. The van der Waals surface area contributed by atoms with Gasteiger partial charge in [0.05, 0.1) is 12.0 Å². The Morgan fingerprint density at radius 2 is 1.44 bits per heavy atom. The lowest BCUT2D eigenvalue weighted by Gasteiger charge is -2.30. The van der Waals surface area contributed by atoms with E-state index in [9.17, 15) is 9.59 Å². The molecule has 0 heterocycles. The number of carbonyl (C=O) groups is 2. The van der Waals surface area contributed by atoms with Gasteiger partial charge in [0, 0.05) is 21.0 Å². The van der Waals surface area contributed by atoms with Crippen LogP contribution in [-0.4, -0.2) is 38.9 Å². The quantitative estimate of drug-likeness (QED) is 0.616. The summed E-state index contributed by atoms with van der Waals surface area (Å²) in [5.41, 5.74) is -0.452. The van der Waals surface area contributed by atoms with Crippen LogP contribution in [-0.2, 0) is 23.8 Å². The molecular weight excluding hydrogens is 212 g/mol. The topological polar surface area (TPSA) is 61.8 Å². The number of carbonyl (C=O) groups excluding carboxylic acids is 2. The summed E-state index contributed by atoms with van der Waals surface area (Å²) in [6.45, 7) is 5.40. The standard InChI is InChI=1S/C11H20O5/c1-5-11(6-14-4,7-15-9(2)12)8-16-10(3)13/h5-8H2,1-4H3. The van der Waals surface area contributed by atoms with Crippen molar-refractivity contribution in [2.45, 2.75) is 27.2 Å². The number of hydrogen-bond acceptors (Lipinski definition) is 5. The molecule has 0 unspecified atom stereocenters. The van der Waals surface area contributed by atoms with E-state index in [-0.39, 0.29) is 25.2 Å². The molecule has 0 radical (unpaired) electrons. The van der Waals surface area contributed by atoms with Crippen LogP contribution in [0, 0.1) is 5.41 Å². The monoisotopic (exact) mass is 232 g/mol. The van der Waals surface area contributed by atoms with Gasteiger partial charge in [0.25, 0.3) is 0 Å². The predicted molar refractivity (Wildman–Crippen MR) is 57.9 cm³/mol. The maximum Gasteiger partial charge on any atom is 0.302 e. The molecule has 94 valence electrons. The normalized spacial score (nSPS) is 11.0. The van der Waals surface area contributed by atoms with Gasteiger partial charge in [-0.25, -0.2) is 0 Å². The zero-order valence-electron chi connectivity index (χ0n) is 10.4. The van der Waals surface area contributed by atoms with Crippen molar-refractivity contribution in [3.63, 3.8) is 0 Å². The number of esters is 2. The summed E-state index contributed by atoms with van der Waals surface area (Å²) in [4.78, 5) is 21.6. The summed E-state index contributed by atoms with van der Waals surface area (Å²) in [5.74, 6) is -0.700. The first-order chi connectivity index (χ1) is 7.45. The fourth-order valence-corrected chi connectivity index (χ4v) is 1.25. The van der Waals surface area contributed by atoms with E-state index >= 15 is 0 Å². The lowest BCUT2D eigenvalue weighted by molar-refractivity contribution is -0.154. The molecule has 0 aromatic rings. The van der Waals surface area contributed by atoms with E-state index in [2.05, 4.69) is 0 Å². The molecule has 0 spiro atoms. The van der Waals surface area contributed by atoms with Gasteiger partial charge in [-0.2, -0.15) is 0 Å². The molecule has 0 saturated heterocycles. The third-order valence-corrected chi connectivity index (χ3v) is 2.36. The molecule has 0 fully saturated rings. The zero-order valence-corrected chi connectivity index (χ0v) is 10.4. The van der Waals surface area contributed by atoms with Gasteiger partial charge in [0.15, 0.2) is 0 Å². The maximum atomic E-state index is 10.8. The Kier molecular flexibility index (Phi) is 6.72. The Labute approximate surface area is 96.1 Å². The minimum atomic E-state index is -0.452. The van der Waals surface area contributed by atoms with E-state index in [4.69, 9.17) is 14.2 Å². The molecule has 0 aliphatic rings. The van der Waals surface area contributed by atoms with Gasteiger partial charge >= 0.3 is 11.9 Å². The zero-order chi connectivity index (χ0) is 12.6. The molecule has 0 aliphatic carbocycles. The summed E-state index contributed by atoms with van der Waals surface area (Å²) in [6, 6.07) is 0. The van der Waals surface area contributed by atoms with Crippen LogP contribution < -0.4 is 0 Å². The van der Waals surface area contributed by atoms with Crippen LogP contribution in [0.5, 0.6) is 0 Å². The lowest BCUT2D eigenvalue weighted by atomic mass is 9.88. The van der Waals surface area contributed by atoms with Crippen molar-refractivity contribution >= 4 is 11.9 Å². The maximum absolute atomic E-state index is 10.8. The minimum Gasteiger partial charge on any atom is -0.465 e. The molecule has 0 aromatic carbocycles. The van der Waals surface area contributed by atoms with E-state index in [0.717, 1.165) is 0 Å². The van der Waals surface area contributed by atoms with Gasteiger partial charge in [0.2, 0.25) is 0 Å². The molecule has 5 heteroatoms. The third kappa shape index (κ3) is 5.70. The Morgan fingerprint density at radius 3 is 1.69 bits per heavy atom. The SMILES string of the molecule is CCC(COC)(COC(C)=O)COC(C)=O. The van der Waals surface area contributed by atoms with Crippen molar-refractivity contribution < 1.29 is 23.8 Å². The first-order valence-electron chi connectivity index (χ1n) is 5.21. The Hall–Kier alpha value is -1.10. The molecule has 0 amide bonds. The molecule has 0 atom stereocenters. The van der Waals surface area contributed by atoms with E-state index < -0.39 is 5.41 Å². The van der Waals surface area contributed by atoms with Crippen LogP contribution in [0.1, 0.15) is 27.2 Å². The third-order valence-electron chi connectivity index (χ3n) is 2.36. The highest BCUT2D eigenvalue weighted by atomic mass is 16.6. The lowest BCUT2D eigenvalue weighted by Crippen LogP contribution is -2.37. The molecule has 16 heavy (non-hydrogen) atoms. The molecule has 0 N–H and O–H groups in total. The summed E-state index contributed by atoms with van der Waals surface area (Å²) in [6.07, 6.45) is 0.696. The van der Waals surface area contributed by atoms with Crippen molar-refractivity contribution in [3.8, 4) is 0 Å². The second kappa shape index (κ2) is 7.22. The van der Waals surface area contributed by atoms with E-state index in [0.29, 0.717) is 13.0 Å². The summed E-state index contributed by atoms with van der Waals surface area (Å²) in [7, 11) is 1.56. The molecule has 0 saturated carbocycles. The van der Waals surface area contributed by atoms with Crippen LogP contribution in [0.4, 0.5) is 0 Å². The molecule has 0 aliphatic heterocycles. The van der Waals surface area contributed by atoms with Gasteiger partial charge in [-0.15, -0.1) is 0 Å². The second-order valence-corrected chi connectivity index (χ2v) is 3.85. The highest BCUT2D eigenvalue weighted by molar-refractivity contribution is 5.66.